The molecule has 2 heterocycles. The lowest BCUT2D eigenvalue weighted by molar-refractivity contribution is -0.136. The van der Waals surface area contributed by atoms with Crippen LogP contribution < -0.4 is 16.1 Å². The zero-order chi connectivity index (χ0) is 13.8. The molecule has 1 aromatic heterocycles. The van der Waals surface area contributed by atoms with Crippen LogP contribution in [0.1, 0.15) is 12.8 Å². The Kier molecular flexibility index (Phi) is 4.33. The number of thiazole rings is 1. The highest BCUT2D eigenvalue weighted by Crippen LogP contribution is 2.17. The number of nitrogens with zero attached hydrogens (tertiary/aromatic N) is 2. The number of amides is 2. The number of carbonyl (C=O) groups is 2. The molecule has 0 saturated carbocycles. The van der Waals surface area contributed by atoms with Gasteiger partial charge in [0.05, 0.1) is 0 Å². The molecule has 1 aromatic rings. The van der Waals surface area contributed by atoms with Gasteiger partial charge >= 0.3 is 4.87 Å². The van der Waals surface area contributed by atoms with E-state index in [-0.39, 0.29) is 29.1 Å². The third-order valence-corrected chi connectivity index (χ3v) is 4.00. The van der Waals surface area contributed by atoms with Gasteiger partial charge < -0.3 is 4.90 Å². The summed E-state index contributed by atoms with van der Waals surface area (Å²) in [6.45, 7) is 1.11. The number of nitrogens with two attached hydrogens (primary N) is 1. The largest absolute Gasteiger partial charge is 0.341 e. The summed E-state index contributed by atoms with van der Waals surface area (Å²) < 4.78 is 1.39. The molecule has 3 N–H and O–H groups in total. The Morgan fingerprint density at radius 2 is 2.11 bits per heavy atom. The number of carbonyl (C=O) groups excluding carboxylic acids is 2. The van der Waals surface area contributed by atoms with Crippen molar-refractivity contribution in [2.24, 2.45) is 11.8 Å². The van der Waals surface area contributed by atoms with Crippen molar-refractivity contribution >= 4 is 23.2 Å². The molecular weight excluding hydrogens is 268 g/mol. The van der Waals surface area contributed by atoms with Gasteiger partial charge in [-0.25, -0.2) is 5.84 Å². The first-order valence-electron chi connectivity index (χ1n) is 6.04. The number of aromatic nitrogens is 1. The van der Waals surface area contributed by atoms with Crippen molar-refractivity contribution in [2.45, 2.75) is 19.4 Å². The number of hydrazine groups is 1. The summed E-state index contributed by atoms with van der Waals surface area (Å²) in [5.41, 5.74) is 2.14. The highest BCUT2D eigenvalue weighted by molar-refractivity contribution is 7.07. The van der Waals surface area contributed by atoms with Crippen molar-refractivity contribution in [3.63, 3.8) is 0 Å². The zero-order valence-corrected chi connectivity index (χ0v) is 11.2. The number of hydrogen-bond donors (Lipinski definition) is 2. The van der Waals surface area contributed by atoms with E-state index in [2.05, 4.69) is 5.43 Å². The molecule has 1 aliphatic rings. The van der Waals surface area contributed by atoms with Crippen LogP contribution in [0, 0.1) is 5.92 Å². The standard InChI is InChI=1S/C11H16N4O3S/c12-13-10(17)8-1-3-14(4-2-8)9(16)7-15-5-6-19-11(15)18/h5-6,8H,1-4,7,12H2,(H,13,17). The van der Waals surface area contributed by atoms with E-state index in [1.807, 2.05) is 0 Å². The van der Waals surface area contributed by atoms with Gasteiger partial charge in [0.1, 0.15) is 6.54 Å². The van der Waals surface area contributed by atoms with Crippen molar-refractivity contribution < 1.29 is 9.59 Å². The van der Waals surface area contributed by atoms with Crippen molar-refractivity contribution in [3.8, 4) is 0 Å². The monoisotopic (exact) mass is 284 g/mol. The fourth-order valence-electron chi connectivity index (χ4n) is 2.16. The summed E-state index contributed by atoms with van der Waals surface area (Å²) in [6, 6.07) is 0. The Hall–Kier alpha value is -1.67. The van der Waals surface area contributed by atoms with Gasteiger partial charge in [0.25, 0.3) is 0 Å². The number of likely N-dealkylation sites (tertiary alicyclic amines) is 1. The van der Waals surface area contributed by atoms with Gasteiger partial charge in [-0.05, 0) is 12.8 Å². The first-order valence-corrected chi connectivity index (χ1v) is 6.92. The SMILES string of the molecule is NNC(=O)C1CCN(C(=O)Cn2ccsc2=O)CC1. The summed E-state index contributed by atoms with van der Waals surface area (Å²) >= 11 is 1.07. The minimum absolute atomic E-state index is 0.0656. The van der Waals surface area contributed by atoms with Gasteiger partial charge in [0.2, 0.25) is 11.8 Å². The third kappa shape index (κ3) is 3.21. The summed E-state index contributed by atoms with van der Waals surface area (Å²) in [7, 11) is 0. The molecular formula is C11H16N4O3S. The average Bonchev–Trinajstić information content (AvgIpc) is 2.83. The van der Waals surface area contributed by atoms with E-state index in [1.165, 1.54) is 4.57 Å². The highest BCUT2D eigenvalue weighted by Gasteiger charge is 2.26. The van der Waals surface area contributed by atoms with E-state index in [1.54, 1.807) is 16.5 Å². The van der Waals surface area contributed by atoms with Crippen LogP contribution in [0.25, 0.3) is 0 Å². The Balaban J connectivity index is 1.88. The topological polar surface area (TPSA) is 97.4 Å². The Bertz CT molecular complexity index is 516. The summed E-state index contributed by atoms with van der Waals surface area (Å²) in [6.07, 6.45) is 2.82. The molecule has 0 bridgehead atoms. The molecule has 1 aliphatic heterocycles. The molecule has 2 rings (SSSR count). The summed E-state index contributed by atoms with van der Waals surface area (Å²) in [5, 5.41) is 1.66. The van der Waals surface area contributed by atoms with Crippen LogP contribution in [0.4, 0.5) is 0 Å². The molecule has 0 atom stereocenters. The molecule has 19 heavy (non-hydrogen) atoms. The maximum absolute atomic E-state index is 12.0. The minimum atomic E-state index is -0.179. The molecule has 0 spiro atoms. The highest BCUT2D eigenvalue weighted by atomic mass is 32.1. The lowest BCUT2D eigenvalue weighted by atomic mass is 9.96. The van der Waals surface area contributed by atoms with Gasteiger partial charge in [-0.1, -0.05) is 11.3 Å². The van der Waals surface area contributed by atoms with Crippen molar-refractivity contribution in [1.29, 1.82) is 0 Å². The van der Waals surface area contributed by atoms with Crippen molar-refractivity contribution in [3.05, 3.63) is 21.2 Å². The van der Waals surface area contributed by atoms with Gasteiger partial charge in [0.15, 0.2) is 0 Å². The van der Waals surface area contributed by atoms with E-state index in [4.69, 9.17) is 5.84 Å². The molecule has 1 saturated heterocycles. The van der Waals surface area contributed by atoms with Gasteiger partial charge in [-0.3, -0.25) is 24.4 Å². The molecule has 0 aromatic carbocycles. The molecule has 7 nitrogen and oxygen atoms in total. The third-order valence-electron chi connectivity index (χ3n) is 3.31. The van der Waals surface area contributed by atoms with E-state index in [0.717, 1.165) is 11.3 Å². The molecule has 0 aliphatic carbocycles. The normalized spacial score (nSPS) is 16.4. The average molecular weight is 284 g/mol. The van der Waals surface area contributed by atoms with Crippen LogP contribution in [-0.2, 0) is 16.1 Å². The predicted molar refractivity (Wildman–Crippen MR) is 70.2 cm³/mol. The second-order valence-corrected chi connectivity index (χ2v) is 5.32. The Labute approximate surface area is 114 Å². The lowest BCUT2D eigenvalue weighted by Gasteiger charge is -2.31. The smallest absolute Gasteiger partial charge is 0.307 e. The van der Waals surface area contributed by atoms with Gasteiger partial charge in [-0.2, -0.15) is 0 Å². The zero-order valence-electron chi connectivity index (χ0n) is 10.4. The first-order chi connectivity index (χ1) is 9.11. The fraction of sp³-hybridized carbons (Fsp3) is 0.545. The quantitative estimate of drug-likeness (QED) is 0.429. The Morgan fingerprint density at radius 1 is 1.42 bits per heavy atom. The molecule has 0 unspecified atom stereocenters. The second kappa shape index (κ2) is 5.98. The van der Waals surface area contributed by atoms with Crippen LogP contribution in [0.5, 0.6) is 0 Å². The van der Waals surface area contributed by atoms with Gasteiger partial charge in [-0.15, -0.1) is 0 Å². The molecule has 2 amide bonds. The summed E-state index contributed by atoms with van der Waals surface area (Å²) in [4.78, 5) is 36.3. The van der Waals surface area contributed by atoms with E-state index >= 15 is 0 Å². The lowest BCUT2D eigenvalue weighted by Crippen LogP contribution is -2.45. The molecule has 8 heteroatoms. The van der Waals surface area contributed by atoms with Crippen LogP contribution in [0.15, 0.2) is 16.4 Å². The molecule has 1 fully saturated rings. The summed E-state index contributed by atoms with van der Waals surface area (Å²) in [5.74, 6) is 4.69. The van der Waals surface area contributed by atoms with E-state index < -0.39 is 0 Å². The molecule has 104 valence electrons. The molecule has 0 radical (unpaired) electrons. The van der Waals surface area contributed by atoms with Crippen molar-refractivity contribution in [1.82, 2.24) is 14.9 Å². The van der Waals surface area contributed by atoms with E-state index in [0.29, 0.717) is 25.9 Å². The number of rotatable bonds is 3. The Morgan fingerprint density at radius 3 is 2.63 bits per heavy atom. The maximum atomic E-state index is 12.0. The van der Waals surface area contributed by atoms with Gasteiger partial charge in [0, 0.05) is 30.6 Å². The number of hydrogen-bond acceptors (Lipinski definition) is 5. The minimum Gasteiger partial charge on any atom is -0.341 e. The van der Waals surface area contributed by atoms with Crippen LogP contribution >= 0.6 is 11.3 Å². The second-order valence-electron chi connectivity index (χ2n) is 4.46. The van der Waals surface area contributed by atoms with Crippen molar-refractivity contribution in [2.75, 3.05) is 13.1 Å². The number of piperidine rings is 1. The maximum Gasteiger partial charge on any atom is 0.307 e. The predicted octanol–water partition coefficient (Wildman–Crippen LogP) is -0.862. The van der Waals surface area contributed by atoms with Crippen LogP contribution in [-0.4, -0.2) is 34.4 Å². The van der Waals surface area contributed by atoms with Crippen LogP contribution in [0.2, 0.25) is 0 Å². The number of nitrogens with one attached hydrogen (secondary N) is 1. The first kappa shape index (κ1) is 13.8. The fourth-order valence-corrected chi connectivity index (χ4v) is 2.75. The van der Waals surface area contributed by atoms with E-state index in [9.17, 15) is 14.4 Å². The van der Waals surface area contributed by atoms with Crippen LogP contribution in [0.3, 0.4) is 0 Å².